The molecule has 0 aliphatic carbocycles. The van der Waals surface area contributed by atoms with Gasteiger partial charge in [-0.15, -0.1) is 11.6 Å². The molecule has 15 heavy (non-hydrogen) atoms. The van der Waals surface area contributed by atoms with Crippen LogP contribution in [0.15, 0.2) is 18.2 Å². The van der Waals surface area contributed by atoms with Crippen LogP contribution >= 0.6 is 11.6 Å². The van der Waals surface area contributed by atoms with Crippen LogP contribution in [0.3, 0.4) is 0 Å². The molecule has 0 heterocycles. The average Bonchev–Trinajstić information content (AvgIpc) is 2.21. The Hall–Kier alpha value is -1.16. The normalized spacial score (nSPS) is 12.3. The number of rotatable bonds is 3. The first-order valence-electron chi connectivity index (χ1n) is 4.32. The number of hydrogen-bond donors (Lipinski definition) is 0. The zero-order valence-electron chi connectivity index (χ0n) is 7.97. The number of hydrogen-bond acceptors (Lipinski definition) is 2. The Kier molecular flexibility index (Phi) is 4.03. The number of carbonyl (C=O) groups is 1. The van der Waals surface area contributed by atoms with E-state index in [-0.39, 0.29) is 12.2 Å². The molecule has 1 unspecified atom stereocenters. The van der Waals surface area contributed by atoms with Gasteiger partial charge >= 0.3 is 5.97 Å². The van der Waals surface area contributed by atoms with Crippen LogP contribution in [-0.4, -0.2) is 12.6 Å². The molecular formula is C10H9ClF2O2. The molecular weight excluding hydrogens is 226 g/mol. The lowest BCUT2D eigenvalue weighted by molar-refractivity contribution is -0.142. The summed E-state index contributed by atoms with van der Waals surface area (Å²) in [6, 6.07) is 3.48. The molecule has 0 amide bonds. The van der Waals surface area contributed by atoms with Gasteiger partial charge in [0.1, 0.15) is 0 Å². The summed E-state index contributed by atoms with van der Waals surface area (Å²) in [5, 5.41) is -1.32. The van der Waals surface area contributed by atoms with Crippen molar-refractivity contribution in [3.05, 3.63) is 35.4 Å². The maximum absolute atomic E-state index is 13.2. The van der Waals surface area contributed by atoms with Crippen molar-refractivity contribution in [3.8, 4) is 0 Å². The van der Waals surface area contributed by atoms with E-state index in [1.807, 2.05) is 0 Å². The first kappa shape index (κ1) is 11.9. The molecule has 0 N–H and O–H groups in total. The molecule has 1 aromatic rings. The van der Waals surface area contributed by atoms with E-state index in [0.29, 0.717) is 0 Å². The third-order valence-electron chi connectivity index (χ3n) is 1.75. The maximum Gasteiger partial charge on any atom is 0.328 e. The molecule has 0 aliphatic heterocycles. The van der Waals surface area contributed by atoms with Gasteiger partial charge in [-0.25, -0.2) is 8.78 Å². The second-order valence-electron chi connectivity index (χ2n) is 2.76. The molecule has 0 saturated heterocycles. The highest BCUT2D eigenvalue weighted by atomic mass is 35.5. The highest BCUT2D eigenvalue weighted by molar-refractivity contribution is 6.29. The Balaban J connectivity index is 2.96. The minimum atomic E-state index is -1.32. The Morgan fingerprint density at radius 2 is 2.20 bits per heavy atom. The number of ether oxygens (including phenoxy) is 1. The number of esters is 1. The Morgan fingerprint density at radius 1 is 1.53 bits per heavy atom. The minimum absolute atomic E-state index is 0.138. The smallest absolute Gasteiger partial charge is 0.328 e. The molecule has 1 rings (SSSR count). The fourth-order valence-corrected chi connectivity index (χ4v) is 1.29. The fraction of sp³-hybridized carbons (Fsp3) is 0.300. The predicted octanol–water partition coefficient (Wildman–Crippen LogP) is 2.81. The lowest BCUT2D eigenvalue weighted by Crippen LogP contribution is -2.12. The number of alkyl halides is 1. The summed E-state index contributed by atoms with van der Waals surface area (Å²) in [4.78, 5) is 11.2. The van der Waals surface area contributed by atoms with Crippen LogP contribution in [-0.2, 0) is 9.53 Å². The fourth-order valence-electron chi connectivity index (χ4n) is 1.06. The third kappa shape index (κ3) is 2.65. The summed E-state index contributed by atoms with van der Waals surface area (Å²) < 4.78 is 30.6. The number of halogens is 3. The second kappa shape index (κ2) is 5.07. The van der Waals surface area contributed by atoms with E-state index >= 15 is 0 Å². The predicted molar refractivity (Wildman–Crippen MR) is 51.6 cm³/mol. The summed E-state index contributed by atoms with van der Waals surface area (Å²) in [6.07, 6.45) is 0. The molecule has 0 fully saturated rings. The van der Waals surface area contributed by atoms with Crippen LogP contribution in [0.4, 0.5) is 8.78 Å². The van der Waals surface area contributed by atoms with Crippen molar-refractivity contribution in [1.29, 1.82) is 0 Å². The molecule has 0 radical (unpaired) electrons. The van der Waals surface area contributed by atoms with Crippen molar-refractivity contribution in [2.45, 2.75) is 12.3 Å². The van der Waals surface area contributed by atoms with Gasteiger partial charge in [0, 0.05) is 5.56 Å². The van der Waals surface area contributed by atoms with Gasteiger partial charge < -0.3 is 4.74 Å². The summed E-state index contributed by atoms with van der Waals surface area (Å²) in [6.45, 7) is 1.74. The van der Waals surface area contributed by atoms with Crippen molar-refractivity contribution in [3.63, 3.8) is 0 Å². The molecule has 2 nitrogen and oxygen atoms in total. The van der Waals surface area contributed by atoms with Gasteiger partial charge in [-0.3, -0.25) is 4.79 Å². The SMILES string of the molecule is CCOC(=O)C(Cl)c1cccc(F)c1F. The van der Waals surface area contributed by atoms with Gasteiger partial charge in [0.05, 0.1) is 6.61 Å². The lowest BCUT2D eigenvalue weighted by Gasteiger charge is -2.09. The molecule has 0 aliphatic rings. The molecule has 5 heteroatoms. The molecule has 0 saturated carbocycles. The van der Waals surface area contributed by atoms with Crippen LogP contribution < -0.4 is 0 Å². The van der Waals surface area contributed by atoms with Gasteiger partial charge in [-0.2, -0.15) is 0 Å². The van der Waals surface area contributed by atoms with E-state index in [2.05, 4.69) is 4.74 Å². The third-order valence-corrected chi connectivity index (χ3v) is 2.16. The largest absolute Gasteiger partial charge is 0.465 e. The Labute approximate surface area is 90.8 Å². The van der Waals surface area contributed by atoms with E-state index in [1.165, 1.54) is 12.1 Å². The molecule has 0 aromatic heterocycles. The van der Waals surface area contributed by atoms with Crippen molar-refractivity contribution in [1.82, 2.24) is 0 Å². The van der Waals surface area contributed by atoms with Gasteiger partial charge in [-0.05, 0) is 13.0 Å². The summed E-state index contributed by atoms with van der Waals surface area (Å²) >= 11 is 5.63. The topological polar surface area (TPSA) is 26.3 Å². The minimum Gasteiger partial charge on any atom is -0.465 e. The first-order chi connectivity index (χ1) is 7.07. The van der Waals surface area contributed by atoms with Gasteiger partial charge in [0.15, 0.2) is 17.0 Å². The zero-order chi connectivity index (χ0) is 11.4. The Bertz CT molecular complexity index is 368. The molecule has 82 valence electrons. The van der Waals surface area contributed by atoms with Crippen LogP contribution in [0, 0.1) is 11.6 Å². The van der Waals surface area contributed by atoms with E-state index < -0.39 is 23.0 Å². The summed E-state index contributed by atoms with van der Waals surface area (Å²) in [7, 11) is 0. The van der Waals surface area contributed by atoms with Gasteiger partial charge in [0.2, 0.25) is 0 Å². The molecule has 0 bridgehead atoms. The highest BCUT2D eigenvalue weighted by Crippen LogP contribution is 2.25. The van der Waals surface area contributed by atoms with Crippen LogP contribution in [0.1, 0.15) is 17.9 Å². The van der Waals surface area contributed by atoms with Crippen molar-refractivity contribution in [2.75, 3.05) is 6.61 Å². The monoisotopic (exact) mass is 234 g/mol. The van der Waals surface area contributed by atoms with Crippen molar-refractivity contribution in [2.24, 2.45) is 0 Å². The van der Waals surface area contributed by atoms with E-state index in [4.69, 9.17) is 11.6 Å². The standard InChI is InChI=1S/C10H9ClF2O2/c1-2-15-10(14)8(11)6-4-3-5-7(12)9(6)13/h3-5,8H,2H2,1H3. The second-order valence-corrected chi connectivity index (χ2v) is 3.19. The number of benzene rings is 1. The Morgan fingerprint density at radius 3 is 2.80 bits per heavy atom. The van der Waals surface area contributed by atoms with Crippen LogP contribution in [0.2, 0.25) is 0 Å². The van der Waals surface area contributed by atoms with Crippen LogP contribution in [0.25, 0.3) is 0 Å². The van der Waals surface area contributed by atoms with Gasteiger partial charge in [-0.1, -0.05) is 12.1 Å². The summed E-state index contributed by atoms with van der Waals surface area (Å²) in [5.74, 6) is -2.95. The van der Waals surface area contributed by atoms with Crippen molar-refractivity contribution >= 4 is 17.6 Å². The average molecular weight is 235 g/mol. The molecule has 0 spiro atoms. The molecule has 1 aromatic carbocycles. The van der Waals surface area contributed by atoms with Crippen molar-refractivity contribution < 1.29 is 18.3 Å². The molecule has 1 atom stereocenters. The van der Waals surface area contributed by atoms with E-state index in [1.54, 1.807) is 6.92 Å². The highest BCUT2D eigenvalue weighted by Gasteiger charge is 2.23. The number of carbonyl (C=O) groups excluding carboxylic acids is 1. The summed E-state index contributed by atoms with van der Waals surface area (Å²) in [5.41, 5.74) is -0.213. The zero-order valence-corrected chi connectivity index (χ0v) is 8.72. The first-order valence-corrected chi connectivity index (χ1v) is 4.76. The van der Waals surface area contributed by atoms with Crippen LogP contribution in [0.5, 0.6) is 0 Å². The lowest BCUT2D eigenvalue weighted by atomic mass is 10.1. The van der Waals surface area contributed by atoms with Gasteiger partial charge in [0.25, 0.3) is 0 Å². The van der Waals surface area contributed by atoms with E-state index in [9.17, 15) is 13.6 Å². The quantitative estimate of drug-likeness (QED) is 0.594. The maximum atomic E-state index is 13.2. The van der Waals surface area contributed by atoms with E-state index in [0.717, 1.165) is 6.07 Å².